The van der Waals surface area contributed by atoms with Gasteiger partial charge < -0.3 is 4.18 Å². The predicted octanol–water partition coefficient (Wildman–Crippen LogP) is 2.17. The van der Waals surface area contributed by atoms with Gasteiger partial charge in [-0.1, -0.05) is 6.92 Å². The van der Waals surface area contributed by atoms with Crippen LogP contribution in [0.15, 0.2) is 11.8 Å². The first-order valence-corrected chi connectivity index (χ1v) is 4.81. The fraction of sp³-hybridized carbons (Fsp3) is 0.667. The number of rotatable bonds is 3. The van der Waals surface area contributed by atoms with Crippen molar-refractivity contribution in [2.24, 2.45) is 0 Å². The molecular formula is C6H9F3O3S. The molecule has 0 heterocycles. The lowest BCUT2D eigenvalue weighted by molar-refractivity contribution is -0.0523. The Balaban J connectivity index is 4.73. The van der Waals surface area contributed by atoms with Crippen LogP contribution < -0.4 is 0 Å². The van der Waals surface area contributed by atoms with E-state index in [2.05, 4.69) is 4.18 Å². The van der Waals surface area contributed by atoms with Gasteiger partial charge in [-0.25, -0.2) is 0 Å². The van der Waals surface area contributed by atoms with Crippen molar-refractivity contribution < 1.29 is 25.8 Å². The molecule has 0 saturated carbocycles. The van der Waals surface area contributed by atoms with Crippen LogP contribution in [0.4, 0.5) is 13.2 Å². The molecule has 3 nitrogen and oxygen atoms in total. The molecule has 0 amide bonds. The Morgan fingerprint density at radius 1 is 1.46 bits per heavy atom. The number of hydrogen-bond donors (Lipinski definition) is 0. The fourth-order valence-corrected chi connectivity index (χ4v) is 1.09. The van der Waals surface area contributed by atoms with E-state index in [0.717, 1.165) is 0 Å². The molecule has 78 valence electrons. The number of allylic oxidation sites excluding steroid dienone is 2. The van der Waals surface area contributed by atoms with Crippen molar-refractivity contribution in [1.29, 1.82) is 0 Å². The monoisotopic (exact) mass is 218 g/mol. The van der Waals surface area contributed by atoms with E-state index in [1.165, 1.54) is 19.9 Å². The van der Waals surface area contributed by atoms with Crippen LogP contribution >= 0.6 is 0 Å². The molecule has 0 aliphatic carbocycles. The number of halogens is 3. The van der Waals surface area contributed by atoms with Crippen LogP contribution in [0.25, 0.3) is 0 Å². The standard InChI is InChI=1S/C6H9F3O3S/c1-3-5(4-2)12-13(10,11)6(7,8)9/h3H,4H2,1-2H3/b5-3-. The van der Waals surface area contributed by atoms with Gasteiger partial charge in [-0.3, -0.25) is 0 Å². The molecule has 0 radical (unpaired) electrons. The van der Waals surface area contributed by atoms with E-state index in [1.807, 2.05) is 0 Å². The summed E-state index contributed by atoms with van der Waals surface area (Å²) < 4.78 is 59.8. The summed E-state index contributed by atoms with van der Waals surface area (Å²) in [5.74, 6) is -0.225. The highest BCUT2D eigenvalue weighted by atomic mass is 32.2. The molecule has 7 heteroatoms. The summed E-state index contributed by atoms with van der Waals surface area (Å²) in [6.07, 6.45) is 1.26. The molecule has 13 heavy (non-hydrogen) atoms. The lowest BCUT2D eigenvalue weighted by Crippen LogP contribution is -2.25. The van der Waals surface area contributed by atoms with Gasteiger partial charge in [0.1, 0.15) is 5.76 Å². The smallest absolute Gasteiger partial charge is 0.381 e. The van der Waals surface area contributed by atoms with E-state index >= 15 is 0 Å². The summed E-state index contributed by atoms with van der Waals surface area (Å²) in [6, 6.07) is 0. The summed E-state index contributed by atoms with van der Waals surface area (Å²) >= 11 is 0. The first kappa shape index (κ1) is 12.3. The summed E-state index contributed by atoms with van der Waals surface area (Å²) in [5, 5.41) is 0. The minimum atomic E-state index is -5.49. The molecule has 0 fully saturated rings. The highest BCUT2D eigenvalue weighted by Gasteiger charge is 2.48. The maximum Gasteiger partial charge on any atom is 0.534 e. The first-order valence-electron chi connectivity index (χ1n) is 3.40. The average molecular weight is 218 g/mol. The van der Waals surface area contributed by atoms with Crippen molar-refractivity contribution in [3.63, 3.8) is 0 Å². The second-order valence-electron chi connectivity index (χ2n) is 2.09. The van der Waals surface area contributed by atoms with Gasteiger partial charge in [-0.2, -0.15) is 21.6 Å². The topological polar surface area (TPSA) is 43.4 Å². The molecule has 0 aliphatic rings. The molecule has 0 bridgehead atoms. The Bertz CT molecular complexity index is 289. The van der Waals surface area contributed by atoms with Crippen LogP contribution in [-0.4, -0.2) is 13.9 Å². The Morgan fingerprint density at radius 2 is 1.92 bits per heavy atom. The first-order chi connectivity index (χ1) is 5.74. The lowest BCUT2D eigenvalue weighted by Gasteiger charge is -2.10. The van der Waals surface area contributed by atoms with Crippen LogP contribution in [0.5, 0.6) is 0 Å². The molecule has 0 N–H and O–H groups in total. The average Bonchev–Trinajstić information content (AvgIpc) is 1.98. The third-order valence-corrected chi connectivity index (χ3v) is 2.17. The number of alkyl halides is 3. The van der Waals surface area contributed by atoms with Crippen LogP contribution in [0.2, 0.25) is 0 Å². The third-order valence-electron chi connectivity index (χ3n) is 1.17. The van der Waals surface area contributed by atoms with E-state index in [-0.39, 0.29) is 12.2 Å². The summed E-state index contributed by atoms with van der Waals surface area (Å²) in [7, 11) is -5.49. The highest BCUT2D eigenvalue weighted by Crippen LogP contribution is 2.26. The van der Waals surface area contributed by atoms with Gasteiger partial charge in [0, 0.05) is 6.42 Å². The lowest BCUT2D eigenvalue weighted by atomic mass is 10.4. The molecule has 0 aromatic rings. The zero-order chi connectivity index (χ0) is 10.7. The fourth-order valence-electron chi connectivity index (χ4n) is 0.499. The Kier molecular flexibility index (Phi) is 3.77. The largest absolute Gasteiger partial charge is 0.534 e. The van der Waals surface area contributed by atoms with Crippen molar-refractivity contribution >= 4 is 10.1 Å². The van der Waals surface area contributed by atoms with Crippen LogP contribution in [0, 0.1) is 0 Å². The maximum absolute atomic E-state index is 11.7. The van der Waals surface area contributed by atoms with Crippen molar-refractivity contribution in [1.82, 2.24) is 0 Å². The van der Waals surface area contributed by atoms with E-state index in [1.54, 1.807) is 0 Å². The van der Waals surface area contributed by atoms with Crippen molar-refractivity contribution in [2.75, 3.05) is 0 Å². The Labute approximate surface area is 74.3 Å². The number of hydrogen-bond acceptors (Lipinski definition) is 3. The van der Waals surface area contributed by atoms with E-state index < -0.39 is 15.6 Å². The van der Waals surface area contributed by atoms with Gasteiger partial charge in [-0.05, 0) is 13.0 Å². The summed E-state index contributed by atoms with van der Waals surface area (Å²) in [5.41, 5.74) is -5.36. The van der Waals surface area contributed by atoms with Gasteiger partial charge in [0.15, 0.2) is 0 Å². The third kappa shape index (κ3) is 3.25. The SMILES string of the molecule is C/C=C(/CC)OS(=O)(=O)C(F)(F)F. The van der Waals surface area contributed by atoms with Crippen LogP contribution in [-0.2, 0) is 14.3 Å². The van der Waals surface area contributed by atoms with Crippen LogP contribution in [0.1, 0.15) is 20.3 Å². The van der Waals surface area contributed by atoms with Gasteiger partial charge >= 0.3 is 15.6 Å². The van der Waals surface area contributed by atoms with Crippen molar-refractivity contribution in [3.05, 3.63) is 11.8 Å². The molecule has 0 saturated heterocycles. The summed E-state index contributed by atoms with van der Waals surface area (Å²) in [4.78, 5) is 0. The highest BCUT2D eigenvalue weighted by molar-refractivity contribution is 7.87. The van der Waals surface area contributed by atoms with Gasteiger partial charge in [0.25, 0.3) is 0 Å². The zero-order valence-corrected chi connectivity index (χ0v) is 7.87. The molecule has 0 unspecified atom stereocenters. The molecule has 0 spiro atoms. The van der Waals surface area contributed by atoms with Gasteiger partial charge in [-0.15, -0.1) is 0 Å². The molecular weight excluding hydrogens is 209 g/mol. The molecule has 0 atom stereocenters. The molecule has 0 aliphatic heterocycles. The summed E-state index contributed by atoms with van der Waals surface area (Å²) in [6.45, 7) is 2.88. The molecule has 0 aromatic heterocycles. The second kappa shape index (κ2) is 3.99. The van der Waals surface area contributed by atoms with E-state index in [0.29, 0.717) is 0 Å². The van der Waals surface area contributed by atoms with E-state index in [4.69, 9.17) is 0 Å². The maximum atomic E-state index is 11.7. The quantitative estimate of drug-likeness (QED) is 0.414. The normalized spacial score (nSPS) is 14.4. The zero-order valence-electron chi connectivity index (χ0n) is 7.05. The molecule has 0 rings (SSSR count). The van der Waals surface area contributed by atoms with Crippen molar-refractivity contribution in [2.45, 2.75) is 25.8 Å². The van der Waals surface area contributed by atoms with Gasteiger partial charge in [0.2, 0.25) is 0 Å². The van der Waals surface area contributed by atoms with E-state index in [9.17, 15) is 21.6 Å². The van der Waals surface area contributed by atoms with Gasteiger partial charge in [0.05, 0.1) is 0 Å². The minimum Gasteiger partial charge on any atom is -0.381 e. The van der Waals surface area contributed by atoms with Crippen LogP contribution in [0.3, 0.4) is 0 Å². The molecule has 0 aromatic carbocycles. The Morgan fingerprint density at radius 3 is 2.15 bits per heavy atom. The predicted molar refractivity (Wildman–Crippen MR) is 40.1 cm³/mol. The second-order valence-corrected chi connectivity index (χ2v) is 3.63. The Hall–Kier alpha value is -0.720. The minimum absolute atomic E-state index is 0.0891. The van der Waals surface area contributed by atoms with Crippen molar-refractivity contribution in [3.8, 4) is 0 Å².